The Morgan fingerprint density at radius 2 is 1.61 bits per heavy atom. The molecule has 1 saturated carbocycles. The number of hydrogen-bond acceptors (Lipinski definition) is 4. The number of aryl methyl sites for hydroxylation is 1. The molecule has 0 aromatic heterocycles. The zero-order chi connectivity index (χ0) is 27.5. The van der Waals surface area contributed by atoms with Gasteiger partial charge in [-0.3, -0.25) is 13.9 Å². The van der Waals surface area contributed by atoms with Crippen LogP contribution in [0.3, 0.4) is 0 Å². The van der Waals surface area contributed by atoms with Crippen molar-refractivity contribution in [2.75, 3.05) is 23.7 Å². The van der Waals surface area contributed by atoms with Gasteiger partial charge in [-0.1, -0.05) is 69.2 Å². The van der Waals surface area contributed by atoms with Gasteiger partial charge < -0.3 is 10.2 Å². The summed E-state index contributed by atoms with van der Waals surface area (Å²) in [6.07, 6.45) is 7.99. The lowest BCUT2D eigenvalue weighted by Crippen LogP contribution is -2.52. The Morgan fingerprint density at radius 1 is 0.947 bits per heavy atom. The van der Waals surface area contributed by atoms with Crippen molar-refractivity contribution in [2.24, 2.45) is 0 Å². The number of carbonyl (C=O) groups is 2. The van der Waals surface area contributed by atoms with E-state index < -0.39 is 16.1 Å². The predicted molar refractivity (Wildman–Crippen MR) is 154 cm³/mol. The second-order valence-electron chi connectivity index (χ2n) is 10.2. The van der Waals surface area contributed by atoms with Gasteiger partial charge in [0.15, 0.2) is 0 Å². The number of hydrogen-bond donors (Lipinski definition) is 1. The van der Waals surface area contributed by atoms with E-state index in [4.69, 9.17) is 0 Å². The van der Waals surface area contributed by atoms with Crippen molar-refractivity contribution >= 4 is 27.5 Å². The average Bonchev–Trinajstić information content (AvgIpc) is 3.42. The number of nitrogens with zero attached hydrogens (tertiary/aromatic N) is 2. The lowest BCUT2D eigenvalue weighted by molar-refractivity contribution is -0.141. The van der Waals surface area contributed by atoms with E-state index in [0.717, 1.165) is 43.2 Å². The number of carbonyl (C=O) groups excluding carboxylic acids is 2. The van der Waals surface area contributed by atoms with Crippen LogP contribution < -0.4 is 9.62 Å². The van der Waals surface area contributed by atoms with Crippen molar-refractivity contribution < 1.29 is 18.0 Å². The van der Waals surface area contributed by atoms with Crippen molar-refractivity contribution in [1.29, 1.82) is 0 Å². The molecule has 0 saturated heterocycles. The topological polar surface area (TPSA) is 86.8 Å². The number of anilines is 1. The minimum absolute atomic E-state index is 0.0883. The first-order valence-corrected chi connectivity index (χ1v) is 15.8. The van der Waals surface area contributed by atoms with E-state index >= 15 is 0 Å². The van der Waals surface area contributed by atoms with Crippen LogP contribution in [0.15, 0.2) is 54.6 Å². The Kier molecular flexibility index (Phi) is 11.2. The minimum atomic E-state index is -3.51. The quantitative estimate of drug-likeness (QED) is 0.376. The lowest BCUT2D eigenvalue weighted by atomic mass is 10.1. The van der Waals surface area contributed by atoms with E-state index in [2.05, 4.69) is 12.2 Å². The van der Waals surface area contributed by atoms with Gasteiger partial charge in [0.2, 0.25) is 21.8 Å². The van der Waals surface area contributed by atoms with Gasteiger partial charge in [-0.15, -0.1) is 0 Å². The van der Waals surface area contributed by atoms with Crippen LogP contribution in [-0.4, -0.2) is 56.6 Å². The number of rotatable bonds is 14. The maximum atomic E-state index is 13.5. The molecule has 1 fully saturated rings. The summed E-state index contributed by atoms with van der Waals surface area (Å²) >= 11 is 0. The Hall–Kier alpha value is -2.87. The summed E-state index contributed by atoms with van der Waals surface area (Å²) in [5, 5.41) is 3.17. The van der Waals surface area contributed by atoms with Crippen molar-refractivity contribution in [2.45, 2.75) is 83.7 Å². The summed E-state index contributed by atoms with van der Waals surface area (Å²) in [7, 11) is -3.51. The van der Waals surface area contributed by atoms with Crippen LogP contribution in [0.5, 0.6) is 0 Å². The highest BCUT2D eigenvalue weighted by atomic mass is 32.2. The van der Waals surface area contributed by atoms with Crippen LogP contribution in [0.1, 0.15) is 69.9 Å². The average molecular weight is 542 g/mol. The van der Waals surface area contributed by atoms with E-state index in [9.17, 15) is 18.0 Å². The molecule has 3 rings (SSSR count). The summed E-state index contributed by atoms with van der Waals surface area (Å²) < 4.78 is 26.4. The molecule has 0 aliphatic heterocycles. The van der Waals surface area contributed by atoms with Gasteiger partial charge in [0, 0.05) is 25.6 Å². The molecule has 1 atom stereocenters. The van der Waals surface area contributed by atoms with E-state index in [0.29, 0.717) is 31.5 Å². The molecular weight excluding hydrogens is 498 g/mol. The van der Waals surface area contributed by atoms with Crippen molar-refractivity contribution in [3.8, 4) is 0 Å². The molecule has 0 heterocycles. The van der Waals surface area contributed by atoms with E-state index in [1.54, 1.807) is 4.90 Å². The number of benzene rings is 2. The predicted octanol–water partition coefficient (Wildman–Crippen LogP) is 4.70. The number of sulfonamides is 1. The minimum Gasteiger partial charge on any atom is -0.352 e. The number of amides is 2. The third kappa shape index (κ3) is 8.58. The molecule has 8 heteroatoms. The molecule has 38 heavy (non-hydrogen) atoms. The fourth-order valence-electron chi connectivity index (χ4n) is 5.17. The molecule has 208 valence electrons. The summed E-state index contributed by atoms with van der Waals surface area (Å²) in [5.74, 6) is -0.210. The van der Waals surface area contributed by atoms with Gasteiger partial charge >= 0.3 is 0 Å². The molecule has 7 nitrogen and oxygen atoms in total. The highest BCUT2D eigenvalue weighted by molar-refractivity contribution is 7.92. The van der Waals surface area contributed by atoms with Crippen LogP contribution in [0.25, 0.3) is 0 Å². The Morgan fingerprint density at radius 3 is 2.18 bits per heavy atom. The second kappa shape index (κ2) is 14.3. The maximum Gasteiger partial charge on any atom is 0.243 e. The zero-order valence-corrected chi connectivity index (χ0v) is 23.9. The van der Waals surface area contributed by atoms with E-state index in [-0.39, 0.29) is 30.8 Å². The monoisotopic (exact) mass is 541 g/mol. The standard InChI is InChI=1S/C30H43N3O4S/c1-4-24-17-19-27(20-18-24)33(38(3,36)37)22-11-16-29(34)32(23-21-25-12-7-6-8-13-25)28(5-2)30(35)31-26-14-9-10-15-26/h6-8,12-13,17-20,26,28H,4-5,9-11,14-16,21-23H2,1-3H3,(H,31,35). The van der Waals surface area contributed by atoms with Gasteiger partial charge in [-0.25, -0.2) is 8.42 Å². The van der Waals surface area contributed by atoms with Gasteiger partial charge in [-0.2, -0.15) is 0 Å². The largest absolute Gasteiger partial charge is 0.352 e. The first-order chi connectivity index (χ1) is 18.2. The van der Waals surface area contributed by atoms with Crippen LogP contribution in [0.4, 0.5) is 5.69 Å². The second-order valence-corrected chi connectivity index (χ2v) is 12.1. The molecule has 2 amide bonds. The molecule has 1 unspecified atom stereocenters. The Bertz CT molecular complexity index is 1130. The number of nitrogens with one attached hydrogen (secondary N) is 1. The molecule has 1 aliphatic rings. The molecule has 0 radical (unpaired) electrons. The van der Waals surface area contributed by atoms with Gasteiger partial charge in [-0.05, 0) is 61.8 Å². The molecule has 0 spiro atoms. The summed E-state index contributed by atoms with van der Waals surface area (Å²) in [4.78, 5) is 28.5. The van der Waals surface area contributed by atoms with E-state index in [1.165, 1.54) is 10.6 Å². The molecule has 2 aromatic rings. The van der Waals surface area contributed by atoms with Crippen LogP contribution in [-0.2, 0) is 32.5 Å². The molecule has 2 aromatic carbocycles. The Balaban J connectivity index is 1.70. The van der Waals surface area contributed by atoms with Gasteiger partial charge in [0.05, 0.1) is 11.9 Å². The van der Waals surface area contributed by atoms with Crippen molar-refractivity contribution in [1.82, 2.24) is 10.2 Å². The summed E-state index contributed by atoms with van der Waals surface area (Å²) in [5.41, 5.74) is 2.84. The fraction of sp³-hybridized carbons (Fsp3) is 0.533. The van der Waals surface area contributed by atoms with Crippen molar-refractivity contribution in [3.05, 3.63) is 65.7 Å². The van der Waals surface area contributed by atoms with E-state index in [1.807, 2.05) is 61.5 Å². The van der Waals surface area contributed by atoms with Crippen molar-refractivity contribution in [3.63, 3.8) is 0 Å². The van der Waals surface area contributed by atoms with Crippen LogP contribution >= 0.6 is 0 Å². The SMILES string of the molecule is CCc1ccc(N(CCCC(=O)N(CCc2ccccc2)C(CC)C(=O)NC2CCCC2)S(C)(=O)=O)cc1. The lowest BCUT2D eigenvalue weighted by Gasteiger charge is -2.32. The van der Waals surface area contributed by atoms with Gasteiger partial charge in [0.25, 0.3) is 0 Å². The fourth-order valence-corrected chi connectivity index (χ4v) is 6.13. The molecule has 0 bridgehead atoms. The smallest absolute Gasteiger partial charge is 0.243 e. The third-order valence-electron chi connectivity index (χ3n) is 7.36. The van der Waals surface area contributed by atoms with Crippen LogP contribution in [0.2, 0.25) is 0 Å². The summed E-state index contributed by atoms with van der Waals surface area (Å²) in [6.45, 7) is 4.63. The maximum absolute atomic E-state index is 13.5. The first-order valence-electron chi connectivity index (χ1n) is 13.9. The highest BCUT2D eigenvalue weighted by Gasteiger charge is 2.30. The molecule has 1 N–H and O–H groups in total. The zero-order valence-electron chi connectivity index (χ0n) is 23.1. The van der Waals surface area contributed by atoms with Gasteiger partial charge in [0.1, 0.15) is 6.04 Å². The normalized spacial score (nSPS) is 14.7. The molecule has 1 aliphatic carbocycles. The van der Waals surface area contributed by atoms with Crippen LogP contribution in [0, 0.1) is 0 Å². The first kappa shape index (κ1) is 29.7. The Labute approximate surface area is 228 Å². The molecular formula is C30H43N3O4S. The highest BCUT2D eigenvalue weighted by Crippen LogP contribution is 2.21. The third-order valence-corrected chi connectivity index (χ3v) is 8.55. The summed E-state index contributed by atoms with van der Waals surface area (Å²) in [6, 6.07) is 17.1.